The van der Waals surface area contributed by atoms with Gasteiger partial charge in [0.1, 0.15) is 0 Å². The van der Waals surface area contributed by atoms with Gasteiger partial charge in [-0.15, -0.1) is 0 Å². The molecule has 3 aromatic rings. The predicted molar refractivity (Wildman–Crippen MR) is 98.9 cm³/mol. The van der Waals surface area contributed by atoms with Gasteiger partial charge in [-0.2, -0.15) is 0 Å². The van der Waals surface area contributed by atoms with Gasteiger partial charge in [-0.3, -0.25) is 4.98 Å². The average Bonchev–Trinajstić information content (AvgIpc) is 2.59. The Labute approximate surface area is 139 Å². The van der Waals surface area contributed by atoms with Crippen LogP contribution in [0.5, 0.6) is 0 Å². The summed E-state index contributed by atoms with van der Waals surface area (Å²) in [5, 5.41) is 1.22. The van der Waals surface area contributed by atoms with Crippen molar-refractivity contribution in [1.29, 1.82) is 0 Å². The van der Waals surface area contributed by atoms with E-state index < -0.39 is 0 Å². The highest BCUT2D eigenvalue weighted by Crippen LogP contribution is 2.27. The second-order valence-electron chi connectivity index (χ2n) is 6.45. The number of rotatable bonds is 6. The molecular weight excluding hydrogens is 278 g/mol. The highest BCUT2D eigenvalue weighted by Gasteiger charge is 2.13. The van der Waals surface area contributed by atoms with Gasteiger partial charge in [-0.25, -0.2) is 0 Å². The normalized spacial score (nSPS) is 12.4. The molecule has 0 aliphatic carbocycles. The topological polar surface area (TPSA) is 12.9 Å². The molecule has 0 aliphatic rings. The third-order valence-electron chi connectivity index (χ3n) is 4.57. The number of aromatic nitrogens is 1. The lowest BCUT2D eigenvalue weighted by atomic mass is 9.89. The lowest BCUT2D eigenvalue weighted by Gasteiger charge is -2.17. The quantitative estimate of drug-likeness (QED) is 0.539. The lowest BCUT2D eigenvalue weighted by Crippen LogP contribution is -2.05. The third-order valence-corrected chi connectivity index (χ3v) is 4.57. The molecule has 0 saturated heterocycles. The molecule has 0 bridgehead atoms. The van der Waals surface area contributed by atoms with Gasteiger partial charge >= 0.3 is 0 Å². The van der Waals surface area contributed by atoms with E-state index in [0.29, 0.717) is 5.92 Å². The number of nitrogens with zero attached hydrogens (tertiary/aromatic N) is 1. The van der Waals surface area contributed by atoms with Crippen LogP contribution in [-0.2, 0) is 6.42 Å². The zero-order valence-electron chi connectivity index (χ0n) is 14.1. The molecule has 3 rings (SSSR count). The maximum atomic E-state index is 4.87. The number of fused-ring (bicyclic) bond motifs is 1. The Bertz CT molecular complexity index is 758. The van der Waals surface area contributed by atoms with Crippen LogP contribution in [0.2, 0.25) is 0 Å². The Kier molecular flexibility index (Phi) is 5.07. The molecule has 0 N–H and O–H groups in total. The zero-order valence-corrected chi connectivity index (χ0v) is 14.1. The van der Waals surface area contributed by atoms with Crippen molar-refractivity contribution in [2.45, 2.75) is 45.4 Å². The van der Waals surface area contributed by atoms with Crippen LogP contribution in [0.4, 0.5) is 0 Å². The number of unbranched alkanes of at least 4 members (excludes halogenated alkanes) is 1. The third kappa shape index (κ3) is 3.98. The van der Waals surface area contributed by atoms with Gasteiger partial charge in [0, 0.05) is 11.1 Å². The summed E-state index contributed by atoms with van der Waals surface area (Å²) in [6, 6.07) is 21.8. The maximum absolute atomic E-state index is 4.87. The van der Waals surface area contributed by atoms with Crippen LogP contribution in [0.15, 0.2) is 60.7 Å². The molecule has 0 aliphatic heterocycles. The minimum absolute atomic E-state index is 0.559. The fourth-order valence-corrected chi connectivity index (χ4v) is 3.15. The summed E-state index contributed by atoms with van der Waals surface area (Å²) in [5.74, 6) is 0.559. The summed E-state index contributed by atoms with van der Waals surface area (Å²) >= 11 is 0. The number of aryl methyl sites for hydroxylation is 1. The van der Waals surface area contributed by atoms with Crippen molar-refractivity contribution in [3.63, 3.8) is 0 Å². The standard InChI is InChI=1S/C22H25N/c1-3-4-7-20(18-12-10-17(2)11-13-18)16-21-15-14-19-8-5-6-9-22(19)23-21/h5-6,8-15,20H,3-4,7,16H2,1-2H3. The Hall–Kier alpha value is -2.15. The summed E-state index contributed by atoms with van der Waals surface area (Å²) in [6.45, 7) is 4.41. The number of hydrogen-bond acceptors (Lipinski definition) is 1. The summed E-state index contributed by atoms with van der Waals surface area (Å²) in [6.07, 6.45) is 4.77. The van der Waals surface area contributed by atoms with Crippen molar-refractivity contribution in [2.24, 2.45) is 0 Å². The van der Waals surface area contributed by atoms with Gasteiger partial charge < -0.3 is 0 Å². The van der Waals surface area contributed by atoms with E-state index in [1.807, 2.05) is 0 Å². The van der Waals surface area contributed by atoms with E-state index in [4.69, 9.17) is 4.98 Å². The Balaban J connectivity index is 1.85. The van der Waals surface area contributed by atoms with Crippen molar-refractivity contribution in [2.75, 3.05) is 0 Å². The molecule has 0 fully saturated rings. The second kappa shape index (κ2) is 7.41. The minimum atomic E-state index is 0.559. The van der Waals surface area contributed by atoms with Gasteiger partial charge in [-0.05, 0) is 43.4 Å². The molecule has 1 heteroatoms. The first-order valence-corrected chi connectivity index (χ1v) is 8.67. The molecule has 1 nitrogen and oxygen atoms in total. The maximum Gasteiger partial charge on any atom is 0.0705 e. The van der Waals surface area contributed by atoms with Gasteiger partial charge in [0.05, 0.1) is 5.52 Å². The molecule has 1 heterocycles. The van der Waals surface area contributed by atoms with Crippen molar-refractivity contribution in [1.82, 2.24) is 4.98 Å². The van der Waals surface area contributed by atoms with E-state index in [2.05, 4.69) is 74.5 Å². The summed E-state index contributed by atoms with van der Waals surface area (Å²) in [5.41, 5.74) is 5.07. The molecule has 0 amide bonds. The highest BCUT2D eigenvalue weighted by atomic mass is 14.7. The van der Waals surface area contributed by atoms with Crippen LogP contribution in [-0.4, -0.2) is 4.98 Å². The number of benzene rings is 2. The van der Waals surface area contributed by atoms with E-state index in [1.165, 1.54) is 41.5 Å². The molecule has 23 heavy (non-hydrogen) atoms. The Morgan fingerprint density at radius 2 is 1.70 bits per heavy atom. The van der Waals surface area contributed by atoms with Crippen LogP contribution < -0.4 is 0 Å². The predicted octanol–water partition coefficient (Wildman–Crippen LogP) is 6.06. The first-order chi connectivity index (χ1) is 11.3. The highest BCUT2D eigenvalue weighted by molar-refractivity contribution is 5.78. The first kappa shape index (κ1) is 15.7. The molecule has 0 spiro atoms. The summed E-state index contributed by atoms with van der Waals surface area (Å²) < 4.78 is 0. The van der Waals surface area contributed by atoms with E-state index in [0.717, 1.165) is 11.9 Å². The molecule has 118 valence electrons. The number of pyridine rings is 1. The van der Waals surface area contributed by atoms with Crippen molar-refractivity contribution >= 4 is 10.9 Å². The SMILES string of the molecule is CCCCC(Cc1ccc2ccccc2n1)c1ccc(C)cc1. The second-order valence-corrected chi connectivity index (χ2v) is 6.45. The fraction of sp³-hybridized carbons (Fsp3) is 0.318. The van der Waals surface area contributed by atoms with Crippen LogP contribution >= 0.6 is 0 Å². The van der Waals surface area contributed by atoms with Gasteiger partial charge in [0.25, 0.3) is 0 Å². The lowest BCUT2D eigenvalue weighted by molar-refractivity contribution is 0.576. The fourth-order valence-electron chi connectivity index (χ4n) is 3.15. The van der Waals surface area contributed by atoms with E-state index in [9.17, 15) is 0 Å². The zero-order chi connectivity index (χ0) is 16.1. The molecular formula is C22H25N. The smallest absolute Gasteiger partial charge is 0.0705 e. The Morgan fingerprint density at radius 1 is 0.913 bits per heavy atom. The monoisotopic (exact) mass is 303 g/mol. The first-order valence-electron chi connectivity index (χ1n) is 8.67. The molecule has 0 saturated carbocycles. The molecule has 1 aromatic heterocycles. The molecule has 1 unspecified atom stereocenters. The number of hydrogen-bond donors (Lipinski definition) is 0. The van der Waals surface area contributed by atoms with Gasteiger partial charge in [0.15, 0.2) is 0 Å². The molecule has 1 atom stereocenters. The van der Waals surface area contributed by atoms with Gasteiger partial charge in [0.2, 0.25) is 0 Å². The van der Waals surface area contributed by atoms with Crippen LogP contribution in [0, 0.1) is 6.92 Å². The largest absolute Gasteiger partial charge is 0.253 e. The Morgan fingerprint density at radius 3 is 2.48 bits per heavy atom. The van der Waals surface area contributed by atoms with Crippen molar-refractivity contribution in [3.05, 3.63) is 77.5 Å². The van der Waals surface area contributed by atoms with E-state index in [-0.39, 0.29) is 0 Å². The minimum Gasteiger partial charge on any atom is -0.253 e. The van der Waals surface area contributed by atoms with Crippen LogP contribution in [0.25, 0.3) is 10.9 Å². The van der Waals surface area contributed by atoms with Crippen molar-refractivity contribution in [3.8, 4) is 0 Å². The number of para-hydroxylation sites is 1. The van der Waals surface area contributed by atoms with Crippen LogP contribution in [0.1, 0.15) is 48.9 Å². The van der Waals surface area contributed by atoms with Crippen molar-refractivity contribution < 1.29 is 0 Å². The van der Waals surface area contributed by atoms with Gasteiger partial charge in [-0.1, -0.05) is 73.9 Å². The van der Waals surface area contributed by atoms with Crippen LogP contribution in [0.3, 0.4) is 0 Å². The summed E-state index contributed by atoms with van der Waals surface area (Å²) in [7, 11) is 0. The summed E-state index contributed by atoms with van der Waals surface area (Å²) in [4.78, 5) is 4.87. The van der Waals surface area contributed by atoms with E-state index >= 15 is 0 Å². The average molecular weight is 303 g/mol. The van der Waals surface area contributed by atoms with E-state index in [1.54, 1.807) is 0 Å². The molecule has 2 aromatic carbocycles. The molecule has 0 radical (unpaired) electrons.